The quantitative estimate of drug-likeness (QED) is 0.738. The highest BCUT2D eigenvalue weighted by molar-refractivity contribution is 6.23. The molecule has 3 aliphatic heterocycles. The van der Waals surface area contributed by atoms with E-state index in [1.54, 1.807) is 18.2 Å². The molecular formula is C17H17N3O5. The zero-order chi connectivity index (χ0) is 17.6. The van der Waals surface area contributed by atoms with Crippen molar-refractivity contribution >= 4 is 23.6 Å². The molecule has 25 heavy (non-hydrogen) atoms. The SMILES string of the molecule is O=C1CCC(N2C(=O)c3ccc(O[C@@H]4CCNC4)cc3C2=O)C(=O)N1. The van der Waals surface area contributed by atoms with Crippen LogP contribution < -0.4 is 15.4 Å². The van der Waals surface area contributed by atoms with E-state index in [4.69, 9.17) is 4.74 Å². The van der Waals surface area contributed by atoms with E-state index < -0.39 is 29.7 Å². The van der Waals surface area contributed by atoms with E-state index in [0.717, 1.165) is 24.4 Å². The Morgan fingerprint density at radius 1 is 1.04 bits per heavy atom. The first-order chi connectivity index (χ1) is 12.0. The summed E-state index contributed by atoms with van der Waals surface area (Å²) in [5, 5.41) is 5.37. The molecule has 8 nitrogen and oxygen atoms in total. The summed E-state index contributed by atoms with van der Waals surface area (Å²) >= 11 is 0. The van der Waals surface area contributed by atoms with Crippen molar-refractivity contribution in [1.29, 1.82) is 0 Å². The van der Waals surface area contributed by atoms with Gasteiger partial charge in [0.1, 0.15) is 17.9 Å². The highest BCUT2D eigenvalue weighted by atomic mass is 16.5. The normalized spacial score (nSPS) is 26.0. The molecule has 130 valence electrons. The van der Waals surface area contributed by atoms with Crippen molar-refractivity contribution in [2.45, 2.75) is 31.4 Å². The molecule has 0 aliphatic carbocycles. The maximum atomic E-state index is 12.7. The van der Waals surface area contributed by atoms with Crippen LogP contribution >= 0.6 is 0 Å². The molecular weight excluding hydrogens is 326 g/mol. The van der Waals surface area contributed by atoms with Crippen LogP contribution in [0.4, 0.5) is 0 Å². The molecule has 1 unspecified atom stereocenters. The summed E-state index contributed by atoms with van der Waals surface area (Å²) in [6, 6.07) is 3.82. The van der Waals surface area contributed by atoms with Crippen LogP contribution in [0.25, 0.3) is 0 Å². The molecule has 0 radical (unpaired) electrons. The third kappa shape index (κ3) is 2.68. The summed E-state index contributed by atoms with van der Waals surface area (Å²) < 4.78 is 5.83. The van der Waals surface area contributed by atoms with Gasteiger partial charge in [-0.1, -0.05) is 0 Å². The second-order valence-electron chi connectivity index (χ2n) is 6.39. The maximum absolute atomic E-state index is 12.7. The molecule has 0 saturated carbocycles. The minimum atomic E-state index is -0.950. The Labute approximate surface area is 143 Å². The molecule has 8 heteroatoms. The molecule has 4 rings (SSSR count). The van der Waals surface area contributed by atoms with Crippen LogP contribution in [0.15, 0.2) is 18.2 Å². The van der Waals surface area contributed by atoms with Gasteiger partial charge < -0.3 is 10.1 Å². The van der Waals surface area contributed by atoms with Gasteiger partial charge in [0.25, 0.3) is 11.8 Å². The van der Waals surface area contributed by atoms with Crippen LogP contribution in [0, 0.1) is 0 Å². The minimum Gasteiger partial charge on any atom is -0.489 e. The molecule has 2 N–H and O–H groups in total. The molecule has 1 aromatic rings. The Kier molecular flexibility index (Phi) is 3.76. The van der Waals surface area contributed by atoms with Gasteiger partial charge in [-0.15, -0.1) is 0 Å². The van der Waals surface area contributed by atoms with Crippen molar-refractivity contribution in [3.63, 3.8) is 0 Å². The highest BCUT2D eigenvalue weighted by Crippen LogP contribution is 2.30. The summed E-state index contributed by atoms with van der Waals surface area (Å²) in [5.74, 6) is -1.51. The van der Waals surface area contributed by atoms with Crippen LogP contribution in [-0.4, -0.2) is 53.8 Å². The van der Waals surface area contributed by atoms with Gasteiger partial charge in [-0.3, -0.25) is 29.4 Å². The largest absolute Gasteiger partial charge is 0.489 e. The second kappa shape index (κ2) is 5.96. The zero-order valence-electron chi connectivity index (χ0n) is 13.4. The lowest BCUT2D eigenvalue weighted by molar-refractivity contribution is -0.136. The fraction of sp³-hybridized carbons (Fsp3) is 0.412. The van der Waals surface area contributed by atoms with E-state index in [2.05, 4.69) is 10.6 Å². The van der Waals surface area contributed by atoms with Gasteiger partial charge in [-0.2, -0.15) is 0 Å². The standard InChI is InChI=1S/C17H17N3O5/c21-14-4-3-13(15(22)19-14)20-16(23)11-2-1-9(7-12(11)17(20)24)25-10-5-6-18-8-10/h1-2,7,10,13,18H,3-6,8H2,(H,19,21,22)/t10-,13?/m1/s1. The third-order valence-corrected chi connectivity index (χ3v) is 4.73. The van der Waals surface area contributed by atoms with Crippen molar-refractivity contribution in [3.8, 4) is 5.75 Å². The number of amides is 4. The monoisotopic (exact) mass is 343 g/mol. The predicted molar refractivity (Wildman–Crippen MR) is 85.0 cm³/mol. The Morgan fingerprint density at radius 2 is 1.84 bits per heavy atom. The number of fused-ring (bicyclic) bond motifs is 1. The first-order valence-electron chi connectivity index (χ1n) is 8.27. The number of nitrogens with zero attached hydrogens (tertiary/aromatic N) is 1. The van der Waals surface area contributed by atoms with E-state index >= 15 is 0 Å². The van der Waals surface area contributed by atoms with Crippen molar-refractivity contribution in [2.75, 3.05) is 13.1 Å². The first kappa shape index (κ1) is 15.8. The van der Waals surface area contributed by atoms with E-state index in [1.807, 2.05) is 0 Å². The molecule has 0 aromatic heterocycles. The number of hydrogen-bond acceptors (Lipinski definition) is 6. The van der Waals surface area contributed by atoms with Crippen molar-refractivity contribution in [2.24, 2.45) is 0 Å². The van der Waals surface area contributed by atoms with Gasteiger partial charge in [0.15, 0.2) is 0 Å². The van der Waals surface area contributed by atoms with Gasteiger partial charge in [0.05, 0.1) is 11.1 Å². The van der Waals surface area contributed by atoms with E-state index in [0.29, 0.717) is 5.75 Å². The Morgan fingerprint density at radius 3 is 2.56 bits per heavy atom. The van der Waals surface area contributed by atoms with E-state index in [9.17, 15) is 19.2 Å². The number of hydrogen-bond donors (Lipinski definition) is 2. The first-order valence-corrected chi connectivity index (χ1v) is 8.27. The minimum absolute atomic E-state index is 0.0384. The van der Waals surface area contributed by atoms with E-state index in [-0.39, 0.29) is 30.1 Å². The lowest BCUT2D eigenvalue weighted by atomic mass is 10.0. The number of piperidine rings is 1. The highest BCUT2D eigenvalue weighted by Gasteiger charge is 2.44. The number of benzene rings is 1. The van der Waals surface area contributed by atoms with Gasteiger partial charge in [0, 0.05) is 13.0 Å². The molecule has 2 atom stereocenters. The van der Waals surface area contributed by atoms with Crippen LogP contribution in [0.1, 0.15) is 40.0 Å². The summed E-state index contributed by atoms with van der Waals surface area (Å²) in [7, 11) is 0. The second-order valence-corrected chi connectivity index (χ2v) is 6.39. The lowest BCUT2D eigenvalue weighted by Gasteiger charge is -2.27. The number of ether oxygens (including phenoxy) is 1. The van der Waals surface area contributed by atoms with E-state index in [1.165, 1.54) is 0 Å². The zero-order valence-corrected chi connectivity index (χ0v) is 13.4. The van der Waals surface area contributed by atoms with Crippen LogP contribution in [0.5, 0.6) is 5.75 Å². The molecule has 0 bridgehead atoms. The number of imide groups is 2. The topological polar surface area (TPSA) is 105 Å². The maximum Gasteiger partial charge on any atom is 0.262 e. The van der Waals surface area contributed by atoms with Crippen LogP contribution in [0.2, 0.25) is 0 Å². The molecule has 0 spiro atoms. The number of carbonyl (C=O) groups excluding carboxylic acids is 4. The van der Waals surface area contributed by atoms with Gasteiger partial charge in [-0.05, 0) is 37.6 Å². The van der Waals surface area contributed by atoms with Crippen molar-refractivity contribution in [1.82, 2.24) is 15.5 Å². The fourth-order valence-corrected chi connectivity index (χ4v) is 3.44. The molecule has 1 aromatic carbocycles. The molecule has 4 amide bonds. The van der Waals surface area contributed by atoms with Crippen LogP contribution in [0.3, 0.4) is 0 Å². The average Bonchev–Trinajstić information content (AvgIpc) is 3.17. The molecule has 3 aliphatic rings. The summed E-state index contributed by atoms with van der Waals surface area (Å²) in [6.07, 6.45) is 1.17. The Balaban J connectivity index is 1.58. The fourth-order valence-electron chi connectivity index (χ4n) is 3.44. The number of nitrogens with one attached hydrogen (secondary N) is 2. The Bertz CT molecular complexity index is 784. The molecule has 2 saturated heterocycles. The number of carbonyl (C=O) groups is 4. The molecule has 3 heterocycles. The molecule has 2 fully saturated rings. The lowest BCUT2D eigenvalue weighted by Crippen LogP contribution is -2.54. The predicted octanol–water partition coefficient (Wildman–Crippen LogP) is -0.171. The van der Waals surface area contributed by atoms with Gasteiger partial charge in [-0.25, -0.2) is 0 Å². The van der Waals surface area contributed by atoms with Crippen molar-refractivity contribution < 1.29 is 23.9 Å². The summed E-state index contributed by atoms with van der Waals surface area (Å²) in [5.41, 5.74) is 0.491. The number of rotatable bonds is 3. The summed E-state index contributed by atoms with van der Waals surface area (Å²) in [4.78, 5) is 49.5. The summed E-state index contributed by atoms with van der Waals surface area (Å²) in [6.45, 7) is 1.63. The van der Waals surface area contributed by atoms with Crippen LogP contribution in [-0.2, 0) is 9.59 Å². The van der Waals surface area contributed by atoms with Gasteiger partial charge in [0.2, 0.25) is 11.8 Å². The van der Waals surface area contributed by atoms with Gasteiger partial charge >= 0.3 is 0 Å². The Hall–Kier alpha value is -2.74. The smallest absolute Gasteiger partial charge is 0.262 e. The van der Waals surface area contributed by atoms with Crippen molar-refractivity contribution in [3.05, 3.63) is 29.3 Å². The third-order valence-electron chi connectivity index (χ3n) is 4.73. The average molecular weight is 343 g/mol.